The van der Waals surface area contributed by atoms with E-state index in [-0.39, 0.29) is 58.1 Å². The smallest absolute Gasteiger partial charge is 0.387 e. The average Bonchev–Trinajstić information content (AvgIpc) is 1.62. The Morgan fingerprint density at radius 3 is 1.56 bits per heavy atom. The predicted octanol–water partition coefficient (Wildman–Crippen LogP) is -3.34. The molecule has 4 saturated heterocycles. The number of nitrogens with one attached hydrogen (secondary N) is 2. The molecule has 11 heterocycles. The third-order valence-electron chi connectivity index (χ3n) is 15.4. The highest BCUT2D eigenvalue weighted by Crippen LogP contribution is 2.68. The zero-order valence-electron chi connectivity index (χ0n) is 51.1. The summed E-state index contributed by atoms with van der Waals surface area (Å²) in [7, 11) is -26.0. The van der Waals surface area contributed by atoms with Crippen molar-refractivity contribution in [1.82, 2.24) is 58.6 Å². The van der Waals surface area contributed by atoms with E-state index in [1.54, 1.807) is 13.8 Å². The largest absolute Gasteiger partial charge is 0.490 e. The number of anilines is 5. The summed E-state index contributed by atoms with van der Waals surface area (Å²) in [4.78, 5) is 128. The fourth-order valence-electron chi connectivity index (χ4n) is 11.3. The predicted molar refractivity (Wildman–Crippen MR) is 321 cm³/mol. The van der Waals surface area contributed by atoms with Crippen LogP contribution < -0.4 is 43.8 Å². The second-order valence-corrected chi connectivity index (χ2v) is 29.7. The fraction of sp³-hybridized carbons (Fsp3) is 0.600. The lowest BCUT2D eigenvalue weighted by molar-refractivity contribution is -0.0816. The van der Waals surface area contributed by atoms with E-state index in [9.17, 15) is 77.0 Å². The molecule has 4 fully saturated rings. The van der Waals surface area contributed by atoms with E-state index < -0.39 is 187 Å². The number of hydrogen-bond donors (Lipinski definition) is 13. The molecular formula is C45H64N17O31P5. The first kappa shape index (κ1) is 73.1. The number of H-pyrrole nitrogens is 2. The van der Waals surface area contributed by atoms with Gasteiger partial charge in [-0.15, -0.1) is 0 Å². The minimum Gasteiger partial charge on any atom is -0.387 e. The number of fused-ring (bicyclic) bond motifs is 3. The number of imidazole rings is 2. The topological polar surface area (TPSA) is 658 Å². The molecule has 0 spiro atoms. The molecule has 21 atom stereocenters. The van der Waals surface area contributed by atoms with Gasteiger partial charge in [0.25, 0.3) is 11.1 Å². The molecule has 6 aromatic heterocycles. The maximum Gasteiger partial charge on any atom is 0.490 e. The van der Waals surface area contributed by atoms with Crippen molar-refractivity contribution in [3.05, 3.63) is 68.8 Å². The number of phosphoric acid groups is 5. The molecule has 5 aliphatic rings. The second kappa shape index (κ2) is 28.4. The molecule has 48 nitrogen and oxygen atoms in total. The van der Waals surface area contributed by atoms with Gasteiger partial charge in [-0.25, -0.2) is 57.5 Å². The van der Waals surface area contributed by atoms with Crippen LogP contribution in [0.1, 0.15) is 32.5 Å². The van der Waals surface area contributed by atoms with Gasteiger partial charge in [0.15, 0.2) is 53.7 Å². The van der Waals surface area contributed by atoms with Crippen LogP contribution in [-0.4, -0.2) is 238 Å². The van der Waals surface area contributed by atoms with Crippen LogP contribution in [0.4, 0.5) is 29.1 Å². The summed E-state index contributed by atoms with van der Waals surface area (Å²) < 4.78 is 153. The van der Waals surface area contributed by atoms with E-state index in [1.165, 1.54) is 27.7 Å². The number of phosphoric ester groups is 4. The summed E-state index contributed by atoms with van der Waals surface area (Å²) in [5.41, 5.74) is 15.3. The van der Waals surface area contributed by atoms with E-state index in [1.807, 2.05) is 4.98 Å². The van der Waals surface area contributed by atoms with Crippen LogP contribution in [0.25, 0.3) is 22.3 Å². The summed E-state index contributed by atoms with van der Waals surface area (Å²) in [6.07, 6.45) is -21.9. The summed E-state index contributed by atoms with van der Waals surface area (Å²) >= 11 is 0. The first-order valence-corrected chi connectivity index (χ1v) is 36.0. The number of aliphatic hydroxyl groups excluding tert-OH is 3. The summed E-state index contributed by atoms with van der Waals surface area (Å²) in [5.74, 6) is -0.513. The molecule has 9 unspecified atom stereocenters. The Morgan fingerprint density at radius 1 is 0.582 bits per heavy atom. The van der Waals surface area contributed by atoms with Gasteiger partial charge in [0.2, 0.25) is 5.95 Å². The molecule has 0 saturated carbocycles. The van der Waals surface area contributed by atoms with Gasteiger partial charge in [0, 0.05) is 33.5 Å². The normalized spacial score (nSPS) is 31.2. The maximum atomic E-state index is 14.4. The van der Waals surface area contributed by atoms with Crippen LogP contribution in [0.15, 0.2) is 52.0 Å². The van der Waals surface area contributed by atoms with Crippen molar-refractivity contribution in [2.75, 3.05) is 81.4 Å². The van der Waals surface area contributed by atoms with Crippen molar-refractivity contribution in [2.45, 2.75) is 118 Å². The van der Waals surface area contributed by atoms with Crippen LogP contribution in [-0.2, 0) is 91.7 Å². The molecule has 16 N–H and O–H groups in total. The van der Waals surface area contributed by atoms with Crippen molar-refractivity contribution in [3.63, 3.8) is 0 Å². The van der Waals surface area contributed by atoms with Crippen LogP contribution in [0.5, 0.6) is 0 Å². The maximum absolute atomic E-state index is 14.4. The molecule has 0 amide bonds. The van der Waals surface area contributed by atoms with Crippen LogP contribution >= 0.6 is 39.1 Å². The third kappa shape index (κ3) is 15.4. The number of nitrogens with zero attached hydrogens (tertiary/aromatic N) is 12. The van der Waals surface area contributed by atoms with E-state index in [2.05, 4.69) is 48.5 Å². The monoisotopic (exact) mass is 1490 g/mol. The van der Waals surface area contributed by atoms with E-state index in [0.29, 0.717) is 0 Å². The van der Waals surface area contributed by atoms with Crippen molar-refractivity contribution >= 4 is 90.5 Å². The zero-order chi connectivity index (χ0) is 70.9. The molecule has 6 aromatic rings. The van der Waals surface area contributed by atoms with Gasteiger partial charge in [0.1, 0.15) is 103 Å². The Hall–Kier alpha value is -6.11. The van der Waals surface area contributed by atoms with E-state index in [4.69, 9.17) is 77.5 Å². The quantitative estimate of drug-likeness (QED) is 0.0214. The molecule has 0 bridgehead atoms. The number of methoxy groups -OCH3 is 2. The van der Waals surface area contributed by atoms with Gasteiger partial charge in [-0.2, -0.15) is 13.6 Å². The minimum atomic E-state index is -6.30. The fourth-order valence-corrected chi connectivity index (χ4v) is 16.7. The van der Waals surface area contributed by atoms with Crippen molar-refractivity contribution in [3.8, 4) is 0 Å². The highest BCUT2D eigenvalue weighted by atomic mass is 31.3. The lowest BCUT2D eigenvalue weighted by atomic mass is 10.1. The summed E-state index contributed by atoms with van der Waals surface area (Å²) in [6.45, 7) is -1.47. The SMILES string of the molecule is CO[C@H]1C(OP(=O)(O)OC[C@H]2O[C@@H](n3cnc4c(N)ncnc43)[C@@H](O)C2OC(C)C)[C@@H](COP(=O)(O)OC2[C@@H](COP(=O)(O)OP(=O)(O)OP(=O)(O)OC[C@H]3O[C@@H](N4CN(C)c5c4nc(N)[nH]c5=O)C(O)[C@H]3O)O[C@@H](n3cnc4c(N)ncnc43)[C@H]2OC)O[C@H]1n1ccc(=O)[nH]c1=O. The number of ether oxygens (including phenoxy) is 7. The van der Waals surface area contributed by atoms with Gasteiger partial charge >= 0.3 is 44.8 Å². The Morgan fingerprint density at radius 2 is 1.05 bits per heavy atom. The molecule has 5 aliphatic heterocycles. The molecule has 11 rings (SSSR count). The Bertz CT molecular complexity index is 4360. The summed E-state index contributed by atoms with van der Waals surface area (Å²) in [6, 6.07) is 0.904. The molecule has 0 aliphatic carbocycles. The number of aromatic amines is 2. The van der Waals surface area contributed by atoms with Gasteiger partial charge in [-0.05, 0) is 13.8 Å². The molecule has 0 radical (unpaired) electrons. The Balaban J connectivity index is 0.781. The number of rotatable bonds is 28. The minimum absolute atomic E-state index is 0.00849. The molecule has 0 aromatic carbocycles. The molecule has 98 heavy (non-hydrogen) atoms. The van der Waals surface area contributed by atoms with Crippen LogP contribution in [0.3, 0.4) is 0 Å². The summed E-state index contributed by atoms with van der Waals surface area (Å²) in [5, 5.41) is 33.2. The van der Waals surface area contributed by atoms with Crippen molar-refractivity contribution in [2.24, 2.45) is 0 Å². The van der Waals surface area contributed by atoms with Gasteiger partial charge in [0.05, 0.1) is 51.9 Å². The molecule has 53 heteroatoms. The van der Waals surface area contributed by atoms with E-state index >= 15 is 0 Å². The van der Waals surface area contributed by atoms with Crippen molar-refractivity contribution < 1.29 is 132 Å². The first-order valence-electron chi connectivity index (χ1n) is 28.5. The number of aromatic nitrogens is 12. The van der Waals surface area contributed by atoms with Crippen LogP contribution in [0.2, 0.25) is 0 Å². The molecule has 540 valence electrons. The third-order valence-corrected chi connectivity index (χ3v) is 21.6. The lowest BCUT2D eigenvalue weighted by Gasteiger charge is -2.28. The highest BCUT2D eigenvalue weighted by Gasteiger charge is 2.56. The second-order valence-electron chi connectivity index (χ2n) is 22.2. The van der Waals surface area contributed by atoms with E-state index in [0.717, 1.165) is 54.6 Å². The van der Waals surface area contributed by atoms with Gasteiger partial charge in [-0.3, -0.25) is 60.4 Å². The van der Waals surface area contributed by atoms with Crippen LogP contribution in [0, 0.1) is 0 Å². The Kier molecular flexibility index (Phi) is 21.2. The number of hydrogen-bond acceptors (Lipinski definition) is 38. The number of nitrogens with two attached hydrogens (primary N) is 3. The lowest BCUT2D eigenvalue weighted by Crippen LogP contribution is -2.45. The number of aliphatic hydroxyl groups is 3. The standard InChI is InChI=1S/C45H64N17O31P5/c1-17(2)85-29-19(87-41(28(29)66)60-14-53-23-34(46)49-12-51-36(23)60)9-81-94(69,70)90-30-20(88-42(32(30)79-4)59-7-6-22(63)55-45(59)68)10-82-95(71,72)91-31-21(89-43(33(31)80-5)61-15-54-24-35(47)50-13-52-37(24)61)11-84-97(75,76)93-98(77,78)92-96(73,74)83-8-18-26(64)27(65)40(86-18)62-16-58(3)25-38(62)56-44(48)57-39(25)67/h6-7,12-15,17-21,26-33,40-43,64-66H,8-11,16H2,1-5H3,(H,69,70)(H,71,72)(H,73,74)(H,75,76)(H,77,78)(H2,46,49,51)(H2,47,50,52)(H,55,63,68)(H3,48,56,57,67)/t18-,19-,20-,21-,26+,27?,28+,29?,30?,31?,32+,33+,40-,41-,42-,43-/m1/s1. The average molecular weight is 1490 g/mol. The highest BCUT2D eigenvalue weighted by molar-refractivity contribution is 7.66. The first-order chi connectivity index (χ1) is 46.1. The zero-order valence-corrected chi connectivity index (χ0v) is 55.6. The Labute approximate surface area is 547 Å². The number of nitrogen functional groups attached to an aromatic ring is 3. The van der Waals surface area contributed by atoms with Gasteiger partial charge < -0.3 is 99.9 Å². The van der Waals surface area contributed by atoms with Crippen molar-refractivity contribution in [1.29, 1.82) is 0 Å². The van der Waals surface area contributed by atoms with Gasteiger partial charge in [-0.1, -0.05) is 0 Å². The molecular weight excluding hydrogens is 1430 g/mol.